The number of rotatable bonds is 6. The molecule has 0 saturated carbocycles. The van der Waals surface area contributed by atoms with Crippen LogP contribution in [0.2, 0.25) is 0 Å². The third-order valence-electron chi connectivity index (χ3n) is 5.15. The molecule has 4 heterocycles. The molecule has 1 aliphatic rings. The quantitative estimate of drug-likeness (QED) is 0.521. The van der Waals surface area contributed by atoms with Crippen LogP contribution in [0.15, 0.2) is 29.2 Å². The number of pyridine rings is 1. The molecule has 3 N–H and O–H groups in total. The molecule has 0 aromatic carbocycles. The van der Waals surface area contributed by atoms with E-state index < -0.39 is 6.09 Å². The van der Waals surface area contributed by atoms with Crippen LogP contribution in [0.5, 0.6) is 0 Å². The topological polar surface area (TPSA) is 166 Å². The van der Waals surface area contributed by atoms with E-state index in [1.165, 1.54) is 17.3 Å². The molecule has 32 heavy (non-hydrogen) atoms. The molecule has 4 rings (SSSR count). The molecule has 3 aromatic heterocycles. The van der Waals surface area contributed by atoms with Crippen molar-refractivity contribution in [2.75, 3.05) is 30.3 Å². The number of nitriles is 1. The van der Waals surface area contributed by atoms with Gasteiger partial charge in [0.25, 0.3) is 5.89 Å². The molecule has 12 nitrogen and oxygen atoms in total. The Hall–Kier alpha value is -4.27. The third-order valence-corrected chi connectivity index (χ3v) is 5.15. The summed E-state index contributed by atoms with van der Waals surface area (Å²) in [5.41, 5.74) is 1.63. The first-order valence-electron chi connectivity index (χ1n) is 10.0. The third kappa shape index (κ3) is 4.89. The number of nitrogens with one attached hydrogen (secondary N) is 2. The van der Waals surface area contributed by atoms with Gasteiger partial charge in [-0.1, -0.05) is 5.16 Å². The minimum atomic E-state index is -0.874. The summed E-state index contributed by atoms with van der Waals surface area (Å²) in [6.07, 6.45) is 5.15. The van der Waals surface area contributed by atoms with Gasteiger partial charge in [0, 0.05) is 31.9 Å². The number of piperidine rings is 1. The summed E-state index contributed by atoms with van der Waals surface area (Å²) < 4.78 is 5.32. The lowest BCUT2D eigenvalue weighted by Gasteiger charge is -2.30. The fourth-order valence-corrected chi connectivity index (χ4v) is 3.41. The average Bonchev–Trinajstić information content (AvgIpc) is 3.24. The predicted octanol–water partition coefficient (Wildman–Crippen LogP) is 2.65. The summed E-state index contributed by atoms with van der Waals surface area (Å²) in [6.45, 7) is 3.45. The van der Waals surface area contributed by atoms with E-state index in [1.807, 2.05) is 6.07 Å². The number of hydrogen-bond donors (Lipinski definition) is 3. The van der Waals surface area contributed by atoms with Gasteiger partial charge in [-0.05, 0) is 25.7 Å². The maximum Gasteiger partial charge on any atom is 0.407 e. The van der Waals surface area contributed by atoms with E-state index in [4.69, 9.17) is 14.9 Å². The zero-order chi connectivity index (χ0) is 22.5. The van der Waals surface area contributed by atoms with Crippen molar-refractivity contribution >= 4 is 23.4 Å². The predicted molar refractivity (Wildman–Crippen MR) is 113 cm³/mol. The second kappa shape index (κ2) is 9.25. The van der Waals surface area contributed by atoms with Gasteiger partial charge in [-0.2, -0.15) is 10.2 Å². The summed E-state index contributed by atoms with van der Waals surface area (Å²) in [5, 5.41) is 28.3. The van der Waals surface area contributed by atoms with Crippen molar-refractivity contribution in [3.8, 4) is 17.5 Å². The van der Waals surface area contributed by atoms with Crippen LogP contribution >= 0.6 is 0 Å². The Balaban J connectivity index is 1.51. The van der Waals surface area contributed by atoms with Crippen molar-refractivity contribution < 1.29 is 14.4 Å². The Kier molecular flexibility index (Phi) is 6.07. The molecule has 0 atom stereocenters. The van der Waals surface area contributed by atoms with Gasteiger partial charge in [-0.3, -0.25) is 0 Å². The van der Waals surface area contributed by atoms with Crippen molar-refractivity contribution in [2.24, 2.45) is 5.92 Å². The average molecular weight is 435 g/mol. The lowest BCUT2D eigenvalue weighted by atomic mass is 9.97. The van der Waals surface area contributed by atoms with Gasteiger partial charge in [0.15, 0.2) is 11.5 Å². The fraction of sp³-hybridized carbons (Fsp3) is 0.350. The summed E-state index contributed by atoms with van der Waals surface area (Å²) in [7, 11) is 0. The van der Waals surface area contributed by atoms with E-state index in [9.17, 15) is 4.79 Å². The second-order valence-electron chi connectivity index (χ2n) is 7.38. The van der Waals surface area contributed by atoms with Gasteiger partial charge in [0.1, 0.15) is 17.7 Å². The van der Waals surface area contributed by atoms with E-state index in [0.29, 0.717) is 54.5 Å². The SMILES string of the molecule is Cc1noc(-c2cnc(Nc3cnc(C#N)cn3)cc2NCC2CCN(C(=O)O)CC2)n1. The van der Waals surface area contributed by atoms with Crippen LogP contribution in [-0.2, 0) is 0 Å². The Morgan fingerprint density at radius 3 is 2.66 bits per heavy atom. The van der Waals surface area contributed by atoms with Crippen LogP contribution < -0.4 is 10.6 Å². The number of amides is 1. The first-order chi connectivity index (χ1) is 15.5. The molecule has 0 aliphatic carbocycles. The largest absolute Gasteiger partial charge is 0.465 e. The monoisotopic (exact) mass is 435 g/mol. The first kappa shape index (κ1) is 21.0. The van der Waals surface area contributed by atoms with Crippen LogP contribution in [0.3, 0.4) is 0 Å². The first-order valence-corrected chi connectivity index (χ1v) is 10.0. The molecular weight excluding hydrogens is 414 g/mol. The molecule has 0 radical (unpaired) electrons. The molecule has 0 bridgehead atoms. The maximum absolute atomic E-state index is 11.1. The Morgan fingerprint density at radius 1 is 1.25 bits per heavy atom. The van der Waals surface area contributed by atoms with Crippen molar-refractivity contribution in [1.82, 2.24) is 30.0 Å². The van der Waals surface area contributed by atoms with Gasteiger partial charge in [-0.15, -0.1) is 0 Å². The number of likely N-dealkylation sites (tertiary alicyclic amines) is 1. The molecule has 1 saturated heterocycles. The number of carboxylic acid groups (broad SMARTS) is 1. The van der Waals surface area contributed by atoms with Gasteiger partial charge >= 0.3 is 6.09 Å². The number of aryl methyl sites for hydroxylation is 1. The molecule has 164 valence electrons. The highest BCUT2D eigenvalue weighted by Crippen LogP contribution is 2.30. The number of hydrogen-bond acceptors (Lipinski definition) is 10. The Labute approximate surface area is 183 Å². The van der Waals surface area contributed by atoms with Crippen molar-refractivity contribution in [3.05, 3.63) is 36.2 Å². The smallest absolute Gasteiger partial charge is 0.407 e. The number of nitrogens with zero attached hydrogens (tertiary/aromatic N) is 7. The second-order valence-corrected chi connectivity index (χ2v) is 7.38. The van der Waals surface area contributed by atoms with Gasteiger partial charge < -0.3 is 25.2 Å². The number of anilines is 3. The van der Waals surface area contributed by atoms with Gasteiger partial charge in [-0.25, -0.2) is 19.7 Å². The van der Waals surface area contributed by atoms with Gasteiger partial charge in [0.05, 0.1) is 23.6 Å². The zero-order valence-corrected chi connectivity index (χ0v) is 17.3. The van der Waals surface area contributed by atoms with E-state index >= 15 is 0 Å². The fourth-order valence-electron chi connectivity index (χ4n) is 3.41. The lowest BCUT2D eigenvalue weighted by Crippen LogP contribution is -2.39. The molecule has 1 amide bonds. The Morgan fingerprint density at radius 2 is 2.03 bits per heavy atom. The van der Waals surface area contributed by atoms with E-state index in [2.05, 4.69) is 35.7 Å². The number of aromatic nitrogens is 5. The standard InChI is InChI=1S/C20H21N9O3/c1-12-26-19(32-28-12)15-10-25-17(27-18-11-22-14(7-21)9-24-18)6-16(15)23-8-13-2-4-29(5-3-13)20(30)31/h6,9-11,13H,2-5,8H2,1H3,(H,30,31)(H2,23,24,25,27). The molecule has 1 fully saturated rings. The minimum absolute atomic E-state index is 0.224. The minimum Gasteiger partial charge on any atom is -0.465 e. The summed E-state index contributed by atoms with van der Waals surface area (Å²) >= 11 is 0. The van der Waals surface area contributed by atoms with Crippen LogP contribution in [0.1, 0.15) is 24.4 Å². The van der Waals surface area contributed by atoms with Crippen LogP contribution in [-0.4, -0.2) is 60.8 Å². The van der Waals surface area contributed by atoms with Gasteiger partial charge in [0.2, 0.25) is 0 Å². The van der Waals surface area contributed by atoms with Crippen LogP contribution in [0.4, 0.5) is 22.1 Å². The molecule has 3 aromatic rings. The summed E-state index contributed by atoms with van der Waals surface area (Å²) in [5.74, 6) is 2.17. The van der Waals surface area contributed by atoms with Crippen molar-refractivity contribution in [2.45, 2.75) is 19.8 Å². The van der Waals surface area contributed by atoms with Crippen molar-refractivity contribution in [1.29, 1.82) is 5.26 Å². The summed E-state index contributed by atoms with van der Waals surface area (Å²) in [6, 6.07) is 3.73. The summed E-state index contributed by atoms with van der Waals surface area (Å²) in [4.78, 5) is 29.4. The van der Waals surface area contributed by atoms with Crippen LogP contribution in [0.25, 0.3) is 11.5 Å². The maximum atomic E-state index is 11.1. The normalized spacial score (nSPS) is 14.1. The number of carbonyl (C=O) groups is 1. The molecule has 0 spiro atoms. The highest BCUT2D eigenvalue weighted by molar-refractivity contribution is 5.75. The highest BCUT2D eigenvalue weighted by Gasteiger charge is 2.23. The highest BCUT2D eigenvalue weighted by atomic mass is 16.5. The zero-order valence-electron chi connectivity index (χ0n) is 17.3. The van der Waals surface area contributed by atoms with E-state index in [0.717, 1.165) is 18.5 Å². The van der Waals surface area contributed by atoms with E-state index in [-0.39, 0.29) is 5.69 Å². The molecular formula is C20H21N9O3. The van der Waals surface area contributed by atoms with E-state index in [1.54, 1.807) is 19.2 Å². The Bertz CT molecular complexity index is 1130. The lowest BCUT2D eigenvalue weighted by molar-refractivity contribution is 0.126. The van der Waals surface area contributed by atoms with Crippen molar-refractivity contribution in [3.63, 3.8) is 0 Å². The molecule has 12 heteroatoms. The van der Waals surface area contributed by atoms with Crippen LogP contribution in [0, 0.1) is 24.2 Å². The molecule has 0 unspecified atom stereocenters. The molecule has 1 aliphatic heterocycles.